The number of aliphatic carboxylic acids is 1. The van der Waals surface area contributed by atoms with Gasteiger partial charge in [-0.15, -0.1) is 0 Å². The molecule has 1 N–H and O–H groups in total. The van der Waals surface area contributed by atoms with Gasteiger partial charge in [0.05, 0.1) is 11.0 Å². The Hall–Kier alpha value is -1.07. The Morgan fingerprint density at radius 1 is 1.50 bits per heavy atom. The predicted molar refractivity (Wildman–Crippen MR) is 80.0 cm³/mol. The van der Waals surface area contributed by atoms with Gasteiger partial charge in [0.25, 0.3) is 5.91 Å². The van der Waals surface area contributed by atoms with Gasteiger partial charge in [0.1, 0.15) is 0 Å². The largest absolute Gasteiger partial charge is 0.481 e. The van der Waals surface area contributed by atoms with Crippen molar-refractivity contribution in [1.82, 2.24) is 4.90 Å². The molecule has 1 saturated heterocycles. The number of nitrogens with zero attached hydrogens (tertiary/aromatic N) is 1. The Morgan fingerprint density at radius 2 is 2.20 bits per heavy atom. The summed E-state index contributed by atoms with van der Waals surface area (Å²) in [6, 6.07) is 5.01. The van der Waals surface area contributed by atoms with Crippen LogP contribution in [0.4, 0.5) is 0 Å². The first-order valence-electron chi connectivity index (χ1n) is 6.37. The van der Waals surface area contributed by atoms with Gasteiger partial charge in [-0.25, -0.2) is 0 Å². The molecule has 4 nitrogen and oxygen atoms in total. The van der Waals surface area contributed by atoms with Crippen molar-refractivity contribution in [2.24, 2.45) is 5.41 Å². The van der Waals surface area contributed by atoms with Crippen LogP contribution in [0.1, 0.15) is 30.1 Å². The molecule has 0 radical (unpaired) electrons. The Labute approximate surface area is 130 Å². The fraction of sp³-hybridized carbons (Fsp3) is 0.429. The van der Waals surface area contributed by atoms with Gasteiger partial charge in [0.2, 0.25) is 0 Å². The maximum atomic E-state index is 12.5. The maximum absolute atomic E-state index is 12.5. The monoisotopic (exact) mass is 359 g/mol. The summed E-state index contributed by atoms with van der Waals surface area (Å²) in [5, 5.41) is 9.85. The number of halogens is 2. The molecule has 2 rings (SSSR count). The zero-order valence-electron chi connectivity index (χ0n) is 11.0. The summed E-state index contributed by atoms with van der Waals surface area (Å²) in [5.74, 6) is -1.02. The van der Waals surface area contributed by atoms with E-state index in [1.807, 2.05) is 6.92 Å². The quantitative estimate of drug-likeness (QED) is 0.898. The molecule has 0 saturated carbocycles. The van der Waals surface area contributed by atoms with E-state index in [0.717, 1.165) is 0 Å². The van der Waals surface area contributed by atoms with E-state index >= 15 is 0 Å². The predicted octanol–water partition coefficient (Wildman–Crippen LogP) is 3.43. The third-order valence-corrected chi connectivity index (χ3v) is 4.86. The average molecular weight is 361 g/mol. The molecule has 1 fully saturated rings. The van der Waals surface area contributed by atoms with Crippen LogP contribution in [0.2, 0.25) is 5.02 Å². The van der Waals surface area contributed by atoms with Crippen molar-refractivity contribution in [3.05, 3.63) is 33.3 Å². The minimum Gasteiger partial charge on any atom is -0.481 e. The van der Waals surface area contributed by atoms with Gasteiger partial charge in [-0.3, -0.25) is 9.59 Å². The van der Waals surface area contributed by atoms with Gasteiger partial charge in [-0.1, -0.05) is 18.5 Å². The molecule has 20 heavy (non-hydrogen) atoms. The molecular formula is C14H15BrClNO3. The zero-order chi connectivity index (χ0) is 14.9. The summed E-state index contributed by atoms with van der Waals surface area (Å²) in [4.78, 5) is 25.5. The molecule has 1 aromatic carbocycles. The highest BCUT2D eigenvalue weighted by atomic mass is 79.9. The normalized spacial score (nSPS) is 22.1. The van der Waals surface area contributed by atoms with E-state index in [4.69, 9.17) is 11.6 Å². The first-order valence-corrected chi connectivity index (χ1v) is 7.54. The molecule has 1 unspecified atom stereocenters. The second-order valence-electron chi connectivity index (χ2n) is 5.04. The number of hydrogen-bond donors (Lipinski definition) is 1. The second-order valence-corrected chi connectivity index (χ2v) is 6.33. The van der Waals surface area contributed by atoms with E-state index in [1.165, 1.54) is 0 Å². The third-order valence-electron chi connectivity index (χ3n) is 3.93. The molecule has 1 amide bonds. The Balaban J connectivity index is 2.24. The Kier molecular flexibility index (Phi) is 4.39. The van der Waals surface area contributed by atoms with E-state index in [2.05, 4.69) is 15.9 Å². The van der Waals surface area contributed by atoms with Crippen molar-refractivity contribution in [1.29, 1.82) is 0 Å². The van der Waals surface area contributed by atoms with Crippen molar-refractivity contribution in [2.75, 3.05) is 13.1 Å². The lowest BCUT2D eigenvalue weighted by molar-refractivity contribution is -0.148. The smallest absolute Gasteiger partial charge is 0.311 e. The van der Waals surface area contributed by atoms with Crippen molar-refractivity contribution in [2.45, 2.75) is 19.8 Å². The highest BCUT2D eigenvalue weighted by molar-refractivity contribution is 9.10. The molecular weight excluding hydrogens is 346 g/mol. The molecule has 0 bridgehead atoms. The molecule has 0 aromatic heterocycles. The van der Waals surface area contributed by atoms with Gasteiger partial charge in [-0.2, -0.15) is 0 Å². The summed E-state index contributed by atoms with van der Waals surface area (Å²) >= 11 is 9.25. The molecule has 0 spiro atoms. The summed E-state index contributed by atoms with van der Waals surface area (Å²) in [5.41, 5.74) is -0.351. The van der Waals surface area contributed by atoms with Gasteiger partial charge >= 0.3 is 5.97 Å². The van der Waals surface area contributed by atoms with Crippen LogP contribution in [0.5, 0.6) is 0 Å². The molecule has 1 aliphatic heterocycles. The number of amides is 1. The van der Waals surface area contributed by atoms with Crippen LogP contribution in [0.3, 0.4) is 0 Å². The van der Waals surface area contributed by atoms with Crippen molar-refractivity contribution >= 4 is 39.4 Å². The summed E-state index contributed by atoms with van der Waals surface area (Å²) in [6.07, 6.45) is 1.01. The fourth-order valence-corrected chi connectivity index (χ4v) is 3.08. The van der Waals surface area contributed by atoms with Crippen LogP contribution in [-0.4, -0.2) is 35.0 Å². The van der Waals surface area contributed by atoms with Crippen LogP contribution < -0.4 is 0 Å². The van der Waals surface area contributed by atoms with Crippen molar-refractivity contribution in [3.8, 4) is 0 Å². The lowest BCUT2D eigenvalue weighted by atomic mass is 9.84. The number of carbonyl (C=O) groups is 2. The van der Waals surface area contributed by atoms with Gasteiger partial charge < -0.3 is 10.0 Å². The molecule has 1 atom stereocenters. The van der Waals surface area contributed by atoms with E-state index in [0.29, 0.717) is 34.4 Å². The molecule has 108 valence electrons. The zero-order valence-corrected chi connectivity index (χ0v) is 13.4. The molecule has 1 aliphatic rings. The van der Waals surface area contributed by atoms with E-state index < -0.39 is 11.4 Å². The summed E-state index contributed by atoms with van der Waals surface area (Å²) < 4.78 is 0.663. The standard InChI is InChI=1S/C14H15BrClNO3/c1-2-14(13(19)20)5-6-17(8-14)12(18)10-7-9(16)3-4-11(10)15/h3-4,7H,2,5-6,8H2,1H3,(H,19,20). The lowest BCUT2D eigenvalue weighted by Crippen LogP contribution is -2.36. The summed E-state index contributed by atoms with van der Waals surface area (Å²) in [6.45, 7) is 2.55. The maximum Gasteiger partial charge on any atom is 0.311 e. The van der Waals surface area contributed by atoms with Crippen LogP contribution in [-0.2, 0) is 4.79 Å². The molecule has 1 heterocycles. The summed E-state index contributed by atoms with van der Waals surface area (Å²) in [7, 11) is 0. The third kappa shape index (κ3) is 2.69. The Bertz CT molecular complexity index is 563. The number of carbonyl (C=O) groups excluding carboxylic acids is 1. The van der Waals surface area contributed by atoms with Gasteiger partial charge in [0, 0.05) is 22.6 Å². The van der Waals surface area contributed by atoms with Crippen LogP contribution in [0.25, 0.3) is 0 Å². The van der Waals surface area contributed by atoms with Crippen LogP contribution in [0, 0.1) is 5.41 Å². The van der Waals surface area contributed by atoms with Crippen LogP contribution >= 0.6 is 27.5 Å². The Morgan fingerprint density at radius 3 is 2.75 bits per heavy atom. The van der Waals surface area contributed by atoms with Gasteiger partial charge in [0.15, 0.2) is 0 Å². The average Bonchev–Trinajstić information content (AvgIpc) is 2.86. The number of carboxylic acid groups (broad SMARTS) is 1. The molecule has 0 aliphatic carbocycles. The van der Waals surface area contributed by atoms with E-state index in [1.54, 1.807) is 23.1 Å². The first kappa shape index (κ1) is 15.3. The van der Waals surface area contributed by atoms with E-state index in [9.17, 15) is 14.7 Å². The number of hydrogen-bond acceptors (Lipinski definition) is 2. The topological polar surface area (TPSA) is 57.6 Å². The molecule has 1 aromatic rings. The minimum absolute atomic E-state index is 0.184. The first-order chi connectivity index (χ1) is 9.39. The number of rotatable bonds is 3. The van der Waals surface area contributed by atoms with Crippen molar-refractivity contribution in [3.63, 3.8) is 0 Å². The van der Waals surface area contributed by atoms with Crippen LogP contribution in [0.15, 0.2) is 22.7 Å². The lowest BCUT2D eigenvalue weighted by Gasteiger charge is -2.23. The number of carboxylic acids is 1. The second kappa shape index (κ2) is 5.74. The SMILES string of the molecule is CCC1(C(=O)O)CCN(C(=O)c2cc(Cl)ccc2Br)C1. The van der Waals surface area contributed by atoms with Crippen molar-refractivity contribution < 1.29 is 14.7 Å². The van der Waals surface area contributed by atoms with Gasteiger partial charge in [-0.05, 0) is 47.0 Å². The minimum atomic E-state index is -0.833. The number of benzene rings is 1. The van der Waals surface area contributed by atoms with E-state index in [-0.39, 0.29) is 12.5 Å². The molecule has 6 heteroatoms. The fourth-order valence-electron chi connectivity index (χ4n) is 2.49. The highest BCUT2D eigenvalue weighted by Gasteiger charge is 2.45. The number of likely N-dealkylation sites (tertiary alicyclic amines) is 1. The highest BCUT2D eigenvalue weighted by Crippen LogP contribution is 2.35.